The van der Waals surface area contributed by atoms with E-state index in [9.17, 15) is 19.1 Å². The van der Waals surface area contributed by atoms with Gasteiger partial charge in [0.15, 0.2) is 0 Å². The number of hydrogen-bond donors (Lipinski definition) is 2. The maximum Gasteiger partial charge on any atom is 0.322 e. The van der Waals surface area contributed by atoms with Crippen LogP contribution in [0.1, 0.15) is 22.6 Å². The molecule has 7 nitrogen and oxygen atoms in total. The molecule has 1 aromatic heterocycles. The summed E-state index contributed by atoms with van der Waals surface area (Å²) < 4.78 is 13.5. The summed E-state index contributed by atoms with van der Waals surface area (Å²) in [6.07, 6.45) is 3.40. The van der Waals surface area contributed by atoms with Crippen molar-refractivity contribution >= 4 is 17.6 Å². The normalized spacial score (nSPS) is 20.9. The van der Waals surface area contributed by atoms with Crippen molar-refractivity contribution in [2.24, 2.45) is 0 Å². The lowest BCUT2D eigenvalue weighted by molar-refractivity contribution is -0.159. The molecule has 0 spiro atoms. The Labute approximate surface area is 202 Å². The summed E-state index contributed by atoms with van der Waals surface area (Å²) in [6, 6.07) is 16.0. The number of amides is 3. The van der Waals surface area contributed by atoms with E-state index in [0.717, 1.165) is 16.7 Å². The Morgan fingerprint density at radius 1 is 1.11 bits per heavy atom. The molecule has 3 aromatic rings. The third kappa shape index (κ3) is 4.59. The van der Waals surface area contributed by atoms with Crippen molar-refractivity contribution in [2.75, 3.05) is 25.0 Å². The molecule has 3 amide bonds. The van der Waals surface area contributed by atoms with Crippen molar-refractivity contribution in [3.05, 3.63) is 95.6 Å². The Morgan fingerprint density at radius 2 is 1.91 bits per heavy atom. The highest BCUT2D eigenvalue weighted by atomic mass is 19.1. The van der Waals surface area contributed by atoms with E-state index < -0.39 is 11.8 Å². The molecule has 176 valence electrons. The predicted molar refractivity (Wildman–Crippen MR) is 128 cm³/mol. The van der Waals surface area contributed by atoms with Gasteiger partial charge in [0, 0.05) is 41.7 Å². The number of aliphatic hydroxyl groups excluding tert-OH is 1. The molecule has 2 fully saturated rings. The summed E-state index contributed by atoms with van der Waals surface area (Å²) in [4.78, 5) is 32.7. The molecule has 0 saturated carbocycles. The number of halogens is 1. The topological polar surface area (TPSA) is 85.8 Å². The lowest BCUT2D eigenvalue weighted by Gasteiger charge is -2.58. The zero-order valence-corrected chi connectivity index (χ0v) is 18.8. The molecular formula is C27H23FN4O3. The average molecular weight is 471 g/mol. The summed E-state index contributed by atoms with van der Waals surface area (Å²) in [6.45, 7) is 0.0608. The summed E-state index contributed by atoms with van der Waals surface area (Å²) in [7, 11) is 0. The van der Waals surface area contributed by atoms with Crippen molar-refractivity contribution in [2.45, 2.75) is 18.0 Å². The highest BCUT2D eigenvalue weighted by Gasteiger charge is 2.54. The molecule has 3 atom stereocenters. The number of pyridine rings is 1. The van der Waals surface area contributed by atoms with E-state index in [1.165, 1.54) is 23.1 Å². The van der Waals surface area contributed by atoms with Crippen LogP contribution in [-0.2, 0) is 4.79 Å². The van der Waals surface area contributed by atoms with Gasteiger partial charge in [-0.15, -0.1) is 0 Å². The van der Waals surface area contributed by atoms with Gasteiger partial charge in [-0.1, -0.05) is 30.0 Å². The first-order valence-corrected chi connectivity index (χ1v) is 11.3. The number of hydrogen-bond acceptors (Lipinski definition) is 4. The number of nitrogens with zero attached hydrogens (tertiary/aromatic N) is 3. The molecule has 0 bridgehead atoms. The van der Waals surface area contributed by atoms with Crippen LogP contribution in [0.4, 0.5) is 14.9 Å². The second-order valence-corrected chi connectivity index (χ2v) is 8.58. The van der Waals surface area contributed by atoms with E-state index in [4.69, 9.17) is 0 Å². The lowest BCUT2D eigenvalue weighted by atomic mass is 9.73. The summed E-state index contributed by atoms with van der Waals surface area (Å²) >= 11 is 0. The SMILES string of the molecule is O=C(Nc1cccc(F)c1)N1CC(=O)N2[C@@H](CO)[C@H](c3ccc(C#Cc4cccnc4)cc3)[C@@H]2C1. The van der Waals surface area contributed by atoms with E-state index in [2.05, 4.69) is 22.1 Å². The van der Waals surface area contributed by atoms with Gasteiger partial charge in [-0.05, 0) is 48.0 Å². The first-order chi connectivity index (χ1) is 17.0. The Balaban J connectivity index is 1.31. The molecule has 2 N–H and O–H groups in total. The smallest absolute Gasteiger partial charge is 0.322 e. The second kappa shape index (κ2) is 9.57. The monoisotopic (exact) mass is 470 g/mol. The number of urea groups is 1. The third-order valence-corrected chi connectivity index (χ3v) is 6.42. The van der Waals surface area contributed by atoms with Gasteiger partial charge in [0.25, 0.3) is 0 Å². The van der Waals surface area contributed by atoms with Gasteiger partial charge in [-0.25, -0.2) is 9.18 Å². The van der Waals surface area contributed by atoms with Crippen LogP contribution in [-0.4, -0.2) is 63.6 Å². The van der Waals surface area contributed by atoms with Crippen molar-refractivity contribution in [3.8, 4) is 11.8 Å². The molecule has 2 aliphatic heterocycles. The maximum absolute atomic E-state index is 13.5. The number of aromatic nitrogens is 1. The van der Waals surface area contributed by atoms with E-state index in [1.807, 2.05) is 36.4 Å². The number of piperazine rings is 1. The van der Waals surface area contributed by atoms with Crippen LogP contribution in [0.25, 0.3) is 0 Å². The number of carbonyl (C=O) groups excluding carboxylic acids is 2. The van der Waals surface area contributed by atoms with Gasteiger partial charge in [-0.2, -0.15) is 0 Å². The Morgan fingerprint density at radius 3 is 2.63 bits per heavy atom. The minimum atomic E-state index is -0.462. The number of aliphatic hydroxyl groups is 1. The highest BCUT2D eigenvalue weighted by molar-refractivity contribution is 5.93. The molecular weight excluding hydrogens is 447 g/mol. The van der Waals surface area contributed by atoms with Crippen LogP contribution in [0, 0.1) is 17.7 Å². The van der Waals surface area contributed by atoms with Crippen molar-refractivity contribution < 1.29 is 19.1 Å². The predicted octanol–water partition coefficient (Wildman–Crippen LogP) is 2.82. The molecule has 2 saturated heterocycles. The van der Waals surface area contributed by atoms with Crippen LogP contribution in [0.3, 0.4) is 0 Å². The molecule has 35 heavy (non-hydrogen) atoms. The quantitative estimate of drug-likeness (QED) is 0.577. The average Bonchev–Trinajstić information content (AvgIpc) is 2.85. The van der Waals surface area contributed by atoms with Gasteiger partial charge in [-0.3, -0.25) is 9.78 Å². The summed E-state index contributed by atoms with van der Waals surface area (Å²) in [5, 5.41) is 12.6. The number of fused-ring (bicyclic) bond motifs is 1. The van der Waals surface area contributed by atoms with Gasteiger partial charge >= 0.3 is 6.03 Å². The first-order valence-electron chi connectivity index (χ1n) is 11.3. The summed E-state index contributed by atoms with van der Waals surface area (Å²) in [5.41, 5.74) is 2.96. The molecule has 5 rings (SSSR count). The zero-order valence-electron chi connectivity index (χ0n) is 18.8. The number of rotatable bonds is 3. The molecule has 3 heterocycles. The molecule has 0 unspecified atom stereocenters. The number of benzene rings is 2. The molecule has 8 heteroatoms. The maximum atomic E-state index is 13.5. The minimum Gasteiger partial charge on any atom is -0.394 e. The van der Waals surface area contributed by atoms with Crippen LogP contribution in [0.15, 0.2) is 73.1 Å². The fraction of sp³-hybridized carbons (Fsp3) is 0.222. The Kier molecular flexibility index (Phi) is 6.17. The van der Waals surface area contributed by atoms with Crippen molar-refractivity contribution in [1.82, 2.24) is 14.8 Å². The standard InChI is InChI=1S/C27H23FN4O3/c28-21-4-1-5-22(13-21)30-27(35)31-15-23-26(24(17-33)32(23)25(34)16-31)20-10-8-18(9-11-20)6-7-19-3-2-12-29-14-19/h1-5,8-14,23-24,26,33H,15-17H2,(H,30,35)/t23-,24-,26+/m0/s1. The van der Waals surface area contributed by atoms with Gasteiger partial charge < -0.3 is 20.2 Å². The lowest BCUT2D eigenvalue weighted by Crippen LogP contribution is -2.73. The van der Waals surface area contributed by atoms with Crippen LogP contribution < -0.4 is 5.32 Å². The largest absolute Gasteiger partial charge is 0.394 e. The third-order valence-electron chi connectivity index (χ3n) is 6.42. The number of nitrogens with one attached hydrogen (secondary N) is 1. The first kappa shape index (κ1) is 22.6. The van der Waals surface area contributed by atoms with Gasteiger partial charge in [0.2, 0.25) is 5.91 Å². The zero-order chi connectivity index (χ0) is 24.4. The van der Waals surface area contributed by atoms with Crippen LogP contribution >= 0.6 is 0 Å². The van der Waals surface area contributed by atoms with Gasteiger partial charge in [0.05, 0.1) is 18.7 Å². The summed E-state index contributed by atoms with van der Waals surface area (Å²) in [5.74, 6) is 5.39. The Bertz CT molecular complexity index is 1300. The van der Waals surface area contributed by atoms with Crippen molar-refractivity contribution in [1.29, 1.82) is 0 Å². The van der Waals surface area contributed by atoms with E-state index in [-0.39, 0.29) is 37.1 Å². The molecule has 0 radical (unpaired) electrons. The van der Waals surface area contributed by atoms with Crippen molar-refractivity contribution in [3.63, 3.8) is 0 Å². The Hall–Kier alpha value is -4.22. The van der Waals surface area contributed by atoms with E-state index >= 15 is 0 Å². The van der Waals surface area contributed by atoms with E-state index in [0.29, 0.717) is 12.2 Å². The van der Waals surface area contributed by atoms with E-state index in [1.54, 1.807) is 23.4 Å². The van der Waals surface area contributed by atoms with Crippen LogP contribution in [0.2, 0.25) is 0 Å². The molecule has 2 aromatic carbocycles. The number of anilines is 1. The van der Waals surface area contributed by atoms with Crippen LogP contribution in [0.5, 0.6) is 0 Å². The number of carbonyl (C=O) groups is 2. The highest BCUT2D eigenvalue weighted by Crippen LogP contribution is 2.43. The minimum absolute atomic E-state index is 0.0935. The molecule has 0 aliphatic carbocycles. The fourth-order valence-corrected chi connectivity index (χ4v) is 4.79. The molecule has 2 aliphatic rings. The second-order valence-electron chi connectivity index (χ2n) is 8.58. The fourth-order valence-electron chi connectivity index (χ4n) is 4.79. The van der Waals surface area contributed by atoms with Gasteiger partial charge in [0.1, 0.15) is 12.4 Å².